The molecule has 1 amide bonds. The third kappa shape index (κ3) is 3.42. The van der Waals surface area contributed by atoms with Crippen LogP contribution in [0.5, 0.6) is 0 Å². The molecule has 3 atom stereocenters. The van der Waals surface area contributed by atoms with Crippen molar-refractivity contribution >= 4 is 29.9 Å². The fraction of sp³-hybridized carbons (Fsp3) is 0.409. The van der Waals surface area contributed by atoms with Crippen LogP contribution in [0.2, 0.25) is 5.02 Å². The zero-order chi connectivity index (χ0) is 19.3. The third-order valence-electron chi connectivity index (χ3n) is 6.19. The molecule has 2 aromatic carbocycles. The Balaban J connectivity index is 0.00000225. The highest BCUT2D eigenvalue weighted by atomic mass is 35.5. The number of nitrogens with zero attached hydrogens (tertiary/aromatic N) is 2. The lowest BCUT2D eigenvalue weighted by atomic mass is 9.88. The van der Waals surface area contributed by atoms with Crippen LogP contribution < -0.4 is 0 Å². The van der Waals surface area contributed by atoms with Crippen molar-refractivity contribution in [3.05, 3.63) is 69.5 Å². The predicted molar refractivity (Wildman–Crippen MR) is 113 cm³/mol. The first-order chi connectivity index (χ1) is 12.9. The van der Waals surface area contributed by atoms with Crippen LogP contribution in [0.3, 0.4) is 0 Å². The van der Waals surface area contributed by atoms with Gasteiger partial charge in [0.05, 0.1) is 10.6 Å². The third-order valence-corrected chi connectivity index (χ3v) is 6.67. The number of likely N-dealkylation sites (tertiary alicyclic amines) is 2. The van der Waals surface area contributed by atoms with Crippen molar-refractivity contribution in [1.29, 1.82) is 0 Å². The maximum absolute atomic E-state index is 14.3. The molecule has 4 rings (SSSR count). The Bertz CT molecular complexity index is 904. The Morgan fingerprint density at radius 3 is 2.50 bits per heavy atom. The molecule has 2 aromatic rings. The molecule has 0 radical (unpaired) electrons. The molecule has 0 N–H and O–H groups in total. The van der Waals surface area contributed by atoms with Crippen LogP contribution in [0.1, 0.15) is 33.1 Å². The lowest BCUT2D eigenvalue weighted by Gasteiger charge is -2.28. The van der Waals surface area contributed by atoms with E-state index >= 15 is 0 Å². The maximum Gasteiger partial charge on any atom is 0.258 e. The van der Waals surface area contributed by atoms with Crippen LogP contribution in [-0.2, 0) is 0 Å². The van der Waals surface area contributed by atoms with Gasteiger partial charge < -0.3 is 4.90 Å². The molecule has 0 spiro atoms. The van der Waals surface area contributed by atoms with Gasteiger partial charge in [0, 0.05) is 31.6 Å². The minimum Gasteiger partial charge on any atom is -0.338 e. The van der Waals surface area contributed by atoms with Crippen LogP contribution in [0.25, 0.3) is 0 Å². The Labute approximate surface area is 176 Å². The molecule has 2 heterocycles. The lowest BCUT2D eigenvalue weighted by Crippen LogP contribution is -2.34. The summed E-state index contributed by atoms with van der Waals surface area (Å²) in [7, 11) is 2.15. The SMILES string of the molecule is Cc1ccccc1[C@@H]1[C@@H]2CN(C(=O)c3c(F)ccc(C)c3Cl)C[C@@H]2CN1C.Cl. The van der Waals surface area contributed by atoms with Crippen LogP contribution >= 0.6 is 24.0 Å². The second-order valence-corrected chi connectivity index (χ2v) is 8.31. The normalized spacial score (nSPS) is 24.2. The number of hydrogen-bond donors (Lipinski definition) is 0. The molecule has 0 aliphatic carbocycles. The molecule has 2 aliphatic heterocycles. The van der Waals surface area contributed by atoms with Gasteiger partial charge >= 0.3 is 0 Å². The molecule has 0 saturated carbocycles. The second-order valence-electron chi connectivity index (χ2n) is 7.93. The predicted octanol–water partition coefficient (Wildman–Crippen LogP) is 4.89. The average molecular weight is 423 g/mol. The van der Waals surface area contributed by atoms with Gasteiger partial charge in [-0.3, -0.25) is 9.69 Å². The summed E-state index contributed by atoms with van der Waals surface area (Å²) in [4.78, 5) is 17.2. The summed E-state index contributed by atoms with van der Waals surface area (Å²) in [6.07, 6.45) is 0. The van der Waals surface area contributed by atoms with E-state index < -0.39 is 5.82 Å². The summed E-state index contributed by atoms with van der Waals surface area (Å²) in [5.74, 6) is -0.0797. The first-order valence-corrected chi connectivity index (χ1v) is 9.76. The highest BCUT2D eigenvalue weighted by molar-refractivity contribution is 6.34. The number of carbonyl (C=O) groups excluding carboxylic acids is 1. The number of hydrogen-bond acceptors (Lipinski definition) is 2. The van der Waals surface area contributed by atoms with Crippen molar-refractivity contribution in [2.24, 2.45) is 11.8 Å². The summed E-state index contributed by atoms with van der Waals surface area (Å²) in [6, 6.07) is 11.7. The summed E-state index contributed by atoms with van der Waals surface area (Å²) >= 11 is 6.27. The van der Waals surface area contributed by atoms with Crippen LogP contribution in [0.4, 0.5) is 4.39 Å². The van der Waals surface area contributed by atoms with Crippen molar-refractivity contribution in [3.63, 3.8) is 0 Å². The van der Waals surface area contributed by atoms with Gasteiger partial charge in [-0.1, -0.05) is 41.9 Å². The van der Waals surface area contributed by atoms with Crippen LogP contribution in [-0.4, -0.2) is 42.4 Å². The van der Waals surface area contributed by atoms with E-state index in [0.29, 0.717) is 24.9 Å². The van der Waals surface area contributed by atoms with E-state index in [1.54, 1.807) is 17.9 Å². The number of carbonyl (C=O) groups is 1. The van der Waals surface area contributed by atoms with Crippen molar-refractivity contribution < 1.29 is 9.18 Å². The maximum atomic E-state index is 14.3. The molecule has 3 nitrogen and oxygen atoms in total. The summed E-state index contributed by atoms with van der Waals surface area (Å²) in [5.41, 5.74) is 3.32. The van der Waals surface area contributed by atoms with Crippen molar-refractivity contribution in [2.45, 2.75) is 19.9 Å². The summed E-state index contributed by atoms with van der Waals surface area (Å²) < 4.78 is 14.3. The van der Waals surface area contributed by atoms with E-state index in [1.807, 2.05) is 0 Å². The average Bonchev–Trinajstić information content (AvgIpc) is 3.16. The molecule has 2 saturated heterocycles. The minimum atomic E-state index is -0.541. The molecule has 0 unspecified atom stereocenters. The molecule has 2 fully saturated rings. The fourth-order valence-electron chi connectivity index (χ4n) is 4.82. The number of fused-ring (bicyclic) bond motifs is 1. The van der Waals surface area contributed by atoms with Gasteiger partial charge in [0.2, 0.25) is 0 Å². The zero-order valence-electron chi connectivity index (χ0n) is 16.3. The Kier molecular flexibility index (Phi) is 6.04. The Hall–Kier alpha value is -1.62. The van der Waals surface area contributed by atoms with E-state index in [2.05, 4.69) is 43.1 Å². The standard InChI is InChI=1S/C22H24ClFN2O.ClH/c1-13-6-4-5-7-16(13)21-17-12-26(11-15(17)10-25(21)3)22(27)19-18(24)9-8-14(2)20(19)23;/h4-9,15,17,21H,10-12H2,1-3H3;1H/t15-,17+,21+;/m0./s1. The second kappa shape index (κ2) is 8.02. The minimum absolute atomic E-state index is 0. The van der Waals surface area contributed by atoms with Crippen molar-refractivity contribution in [3.8, 4) is 0 Å². The molecular weight excluding hydrogens is 398 g/mol. The van der Waals surface area contributed by atoms with Crippen molar-refractivity contribution in [2.75, 3.05) is 26.7 Å². The molecule has 28 heavy (non-hydrogen) atoms. The van der Waals surface area contributed by atoms with Gasteiger partial charge in [-0.25, -0.2) is 4.39 Å². The highest BCUT2D eigenvalue weighted by Gasteiger charge is 2.48. The molecule has 0 aromatic heterocycles. The monoisotopic (exact) mass is 422 g/mol. The fourth-order valence-corrected chi connectivity index (χ4v) is 5.06. The lowest BCUT2D eigenvalue weighted by molar-refractivity contribution is 0.0763. The molecule has 6 heteroatoms. The molecule has 0 bridgehead atoms. The first kappa shape index (κ1) is 21.1. The van der Waals surface area contributed by atoms with Gasteiger partial charge in [-0.15, -0.1) is 12.4 Å². The van der Waals surface area contributed by atoms with E-state index in [0.717, 1.165) is 12.1 Å². The van der Waals surface area contributed by atoms with E-state index in [-0.39, 0.29) is 34.9 Å². The number of aryl methyl sites for hydroxylation is 2. The van der Waals surface area contributed by atoms with E-state index in [9.17, 15) is 9.18 Å². The van der Waals surface area contributed by atoms with Crippen molar-refractivity contribution in [1.82, 2.24) is 9.80 Å². The number of rotatable bonds is 2. The smallest absolute Gasteiger partial charge is 0.258 e. The van der Waals surface area contributed by atoms with Gasteiger partial charge in [0.15, 0.2) is 0 Å². The topological polar surface area (TPSA) is 23.6 Å². The number of benzene rings is 2. The number of amides is 1. The highest BCUT2D eigenvalue weighted by Crippen LogP contribution is 2.45. The van der Waals surface area contributed by atoms with Gasteiger partial charge in [-0.2, -0.15) is 0 Å². The van der Waals surface area contributed by atoms with E-state index in [1.165, 1.54) is 17.2 Å². The first-order valence-electron chi connectivity index (χ1n) is 9.38. The molecule has 2 aliphatic rings. The largest absolute Gasteiger partial charge is 0.338 e. The Morgan fingerprint density at radius 2 is 1.79 bits per heavy atom. The Morgan fingerprint density at radius 1 is 1.07 bits per heavy atom. The quantitative estimate of drug-likeness (QED) is 0.687. The molecule has 150 valence electrons. The van der Waals surface area contributed by atoms with E-state index in [4.69, 9.17) is 11.6 Å². The zero-order valence-corrected chi connectivity index (χ0v) is 17.9. The number of halogens is 3. The summed E-state index contributed by atoms with van der Waals surface area (Å²) in [5, 5.41) is 0.227. The summed E-state index contributed by atoms with van der Waals surface area (Å²) in [6.45, 7) is 6.16. The van der Waals surface area contributed by atoms with Gasteiger partial charge in [-0.05, 0) is 49.6 Å². The van der Waals surface area contributed by atoms with Gasteiger partial charge in [0.1, 0.15) is 5.82 Å². The molecular formula is C22H25Cl2FN2O. The van der Waals surface area contributed by atoms with Gasteiger partial charge in [0.25, 0.3) is 5.91 Å². The van der Waals surface area contributed by atoms with Crippen LogP contribution in [0.15, 0.2) is 36.4 Å². The van der Waals surface area contributed by atoms with Crippen LogP contribution in [0, 0.1) is 31.5 Å².